The van der Waals surface area contributed by atoms with Gasteiger partial charge in [0.1, 0.15) is 0 Å². The molecule has 1 N–H and O–H groups in total. The minimum atomic E-state index is -0.493. The summed E-state index contributed by atoms with van der Waals surface area (Å²) >= 11 is 0. The molecule has 0 unspecified atom stereocenters. The van der Waals surface area contributed by atoms with Gasteiger partial charge in [-0.1, -0.05) is 24.3 Å². The van der Waals surface area contributed by atoms with Gasteiger partial charge in [0, 0.05) is 30.3 Å². The standard InChI is InChI=1S/C18H17N3O4/c1-12-7-8-15(10-16(12)21(24)25)20-11-13(9-17(20)22)18(23)19-14-5-3-2-4-6-14/h2-8,10,13H,9,11H2,1H3,(H,19,23)/t13-/m0/s1. The van der Waals surface area contributed by atoms with Gasteiger partial charge >= 0.3 is 0 Å². The van der Waals surface area contributed by atoms with Crippen LogP contribution in [0.5, 0.6) is 0 Å². The maximum absolute atomic E-state index is 12.4. The molecule has 1 atom stereocenters. The molecule has 1 saturated heterocycles. The predicted molar refractivity (Wildman–Crippen MR) is 93.4 cm³/mol. The average Bonchev–Trinajstić information content (AvgIpc) is 2.98. The van der Waals surface area contributed by atoms with E-state index in [1.165, 1.54) is 11.0 Å². The number of rotatable bonds is 4. The summed E-state index contributed by atoms with van der Waals surface area (Å²) in [4.78, 5) is 36.7. The Balaban J connectivity index is 1.75. The van der Waals surface area contributed by atoms with E-state index < -0.39 is 10.8 Å². The van der Waals surface area contributed by atoms with E-state index in [1.54, 1.807) is 31.2 Å². The highest BCUT2D eigenvalue weighted by Gasteiger charge is 2.35. The normalized spacial score (nSPS) is 16.8. The van der Waals surface area contributed by atoms with E-state index in [-0.39, 0.29) is 30.5 Å². The summed E-state index contributed by atoms with van der Waals surface area (Å²) in [6.07, 6.45) is 0.0837. The van der Waals surface area contributed by atoms with Gasteiger partial charge in [0.15, 0.2) is 0 Å². The average molecular weight is 339 g/mol. The lowest BCUT2D eigenvalue weighted by atomic mass is 10.1. The minimum absolute atomic E-state index is 0.0394. The summed E-state index contributed by atoms with van der Waals surface area (Å²) in [6.45, 7) is 1.85. The van der Waals surface area contributed by atoms with E-state index in [2.05, 4.69) is 5.32 Å². The first-order chi connectivity index (χ1) is 12.0. The highest BCUT2D eigenvalue weighted by molar-refractivity contribution is 6.03. The molecule has 0 saturated carbocycles. The molecule has 0 spiro atoms. The zero-order valence-electron chi connectivity index (χ0n) is 13.6. The molecule has 3 rings (SSSR count). The number of carbonyl (C=O) groups excluding carboxylic acids is 2. The van der Waals surface area contributed by atoms with Crippen LogP contribution in [0.1, 0.15) is 12.0 Å². The van der Waals surface area contributed by atoms with Gasteiger partial charge in [0.2, 0.25) is 11.8 Å². The van der Waals surface area contributed by atoms with Crippen LogP contribution < -0.4 is 10.2 Å². The molecule has 1 fully saturated rings. The summed E-state index contributed by atoms with van der Waals surface area (Å²) in [6, 6.07) is 13.7. The number of benzene rings is 2. The molecular weight excluding hydrogens is 322 g/mol. The lowest BCUT2D eigenvalue weighted by Crippen LogP contribution is -2.28. The Morgan fingerprint density at radius 2 is 1.96 bits per heavy atom. The van der Waals surface area contributed by atoms with Gasteiger partial charge in [-0.15, -0.1) is 0 Å². The molecule has 2 aromatic carbocycles. The van der Waals surface area contributed by atoms with Crippen LogP contribution in [0.25, 0.3) is 0 Å². The van der Waals surface area contributed by atoms with Crippen molar-refractivity contribution in [1.29, 1.82) is 0 Å². The third kappa shape index (κ3) is 3.50. The van der Waals surface area contributed by atoms with Crippen LogP contribution in [-0.4, -0.2) is 23.3 Å². The fraction of sp³-hybridized carbons (Fsp3) is 0.222. The lowest BCUT2D eigenvalue weighted by Gasteiger charge is -2.17. The number of nitrogens with one attached hydrogen (secondary N) is 1. The SMILES string of the molecule is Cc1ccc(N2C[C@@H](C(=O)Nc3ccccc3)CC2=O)cc1[N+](=O)[O-]. The Bertz CT molecular complexity index is 835. The van der Waals surface area contributed by atoms with E-state index >= 15 is 0 Å². The van der Waals surface area contributed by atoms with Gasteiger partial charge in [0.05, 0.1) is 16.5 Å². The molecule has 7 nitrogen and oxygen atoms in total. The molecular formula is C18H17N3O4. The van der Waals surface area contributed by atoms with Crippen molar-refractivity contribution in [3.8, 4) is 0 Å². The number of para-hydroxylation sites is 1. The number of anilines is 2. The summed E-state index contributed by atoms with van der Waals surface area (Å²) in [5.74, 6) is -0.942. The first-order valence-electron chi connectivity index (χ1n) is 7.87. The first kappa shape index (κ1) is 16.6. The van der Waals surface area contributed by atoms with Crippen LogP contribution in [-0.2, 0) is 9.59 Å². The smallest absolute Gasteiger partial charge is 0.274 e. The Hall–Kier alpha value is -3.22. The molecule has 0 bridgehead atoms. The van der Waals surface area contributed by atoms with E-state index in [4.69, 9.17) is 0 Å². The fourth-order valence-corrected chi connectivity index (χ4v) is 2.86. The van der Waals surface area contributed by atoms with Crippen molar-refractivity contribution in [3.63, 3.8) is 0 Å². The summed E-state index contributed by atoms with van der Waals surface area (Å²) < 4.78 is 0. The quantitative estimate of drug-likeness (QED) is 0.685. The summed E-state index contributed by atoms with van der Waals surface area (Å²) in [7, 11) is 0. The van der Waals surface area contributed by atoms with Crippen LogP contribution >= 0.6 is 0 Å². The molecule has 7 heteroatoms. The number of hydrogen-bond acceptors (Lipinski definition) is 4. The van der Waals surface area contributed by atoms with Crippen molar-refractivity contribution in [3.05, 3.63) is 64.2 Å². The predicted octanol–water partition coefficient (Wildman–Crippen LogP) is 2.89. The maximum atomic E-state index is 12.4. The second kappa shape index (κ2) is 6.72. The number of carbonyl (C=O) groups is 2. The van der Waals surface area contributed by atoms with Crippen molar-refractivity contribution in [1.82, 2.24) is 0 Å². The van der Waals surface area contributed by atoms with Crippen molar-refractivity contribution < 1.29 is 14.5 Å². The third-order valence-corrected chi connectivity index (χ3v) is 4.24. The molecule has 25 heavy (non-hydrogen) atoms. The lowest BCUT2D eigenvalue weighted by molar-refractivity contribution is -0.385. The highest BCUT2D eigenvalue weighted by Crippen LogP contribution is 2.30. The molecule has 1 aliphatic rings. The van der Waals surface area contributed by atoms with E-state index in [9.17, 15) is 19.7 Å². The topological polar surface area (TPSA) is 92.6 Å². The zero-order valence-corrected chi connectivity index (χ0v) is 13.6. The van der Waals surface area contributed by atoms with E-state index in [0.717, 1.165) is 0 Å². The maximum Gasteiger partial charge on any atom is 0.274 e. The van der Waals surface area contributed by atoms with Crippen molar-refractivity contribution >= 4 is 28.9 Å². The monoisotopic (exact) mass is 339 g/mol. The number of nitro benzene ring substituents is 1. The molecule has 128 valence electrons. The number of aryl methyl sites for hydroxylation is 1. The van der Waals surface area contributed by atoms with Crippen LogP contribution in [0.2, 0.25) is 0 Å². The first-order valence-corrected chi connectivity index (χ1v) is 7.87. The number of amides is 2. The molecule has 1 heterocycles. The van der Waals surface area contributed by atoms with Crippen LogP contribution in [0, 0.1) is 23.0 Å². The van der Waals surface area contributed by atoms with E-state index in [1.807, 2.05) is 18.2 Å². The number of nitro groups is 1. The second-order valence-corrected chi connectivity index (χ2v) is 5.99. The minimum Gasteiger partial charge on any atom is -0.326 e. The zero-order chi connectivity index (χ0) is 18.0. The molecule has 0 aliphatic carbocycles. The van der Waals surface area contributed by atoms with Crippen LogP contribution in [0.15, 0.2) is 48.5 Å². The Labute approximate surface area is 144 Å². The van der Waals surface area contributed by atoms with Gasteiger partial charge < -0.3 is 10.2 Å². The second-order valence-electron chi connectivity index (χ2n) is 5.99. The van der Waals surface area contributed by atoms with Crippen LogP contribution in [0.3, 0.4) is 0 Å². The Morgan fingerprint density at radius 1 is 1.24 bits per heavy atom. The fourth-order valence-electron chi connectivity index (χ4n) is 2.86. The highest BCUT2D eigenvalue weighted by atomic mass is 16.6. The summed E-state index contributed by atoms with van der Waals surface area (Å²) in [5, 5.41) is 13.9. The largest absolute Gasteiger partial charge is 0.326 e. The van der Waals surface area contributed by atoms with Crippen molar-refractivity contribution in [2.45, 2.75) is 13.3 Å². The van der Waals surface area contributed by atoms with E-state index in [0.29, 0.717) is 16.9 Å². The summed E-state index contributed by atoms with van der Waals surface area (Å²) in [5.41, 5.74) is 1.60. The van der Waals surface area contributed by atoms with Gasteiger partial charge in [-0.2, -0.15) is 0 Å². The van der Waals surface area contributed by atoms with Crippen molar-refractivity contribution in [2.24, 2.45) is 5.92 Å². The van der Waals surface area contributed by atoms with Crippen molar-refractivity contribution in [2.75, 3.05) is 16.8 Å². The molecule has 1 aliphatic heterocycles. The van der Waals surface area contributed by atoms with Gasteiger partial charge in [-0.3, -0.25) is 19.7 Å². The molecule has 0 aromatic heterocycles. The molecule has 2 aromatic rings. The number of hydrogen-bond donors (Lipinski definition) is 1. The van der Waals surface area contributed by atoms with Gasteiger partial charge in [-0.25, -0.2) is 0 Å². The Kier molecular flexibility index (Phi) is 4.47. The van der Waals surface area contributed by atoms with Crippen LogP contribution in [0.4, 0.5) is 17.1 Å². The number of nitrogens with zero attached hydrogens (tertiary/aromatic N) is 2. The Morgan fingerprint density at radius 3 is 2.64 bits per heavy atom. The molecule has 0 radical (unpaired) electrons. The third-order valence-electron chi connectivity index (χ3n) is 4.24. The van der Waals surface area contributed by atoms with Gasteiger partial charge in [-0.05, 0) is 25.1 Å². The molecule has 2 amide bonds. The van der Waals surface area contributed by atoms with Gasteiger partial charge in [0.25, 0.3) is 5.69 Å².